The van der Waals surface area contributed by atoms with Crippen LogP contribution in [0.3, 0.4) is 0 Å². The third-order valence-electron chi connectivity index (χ3n) is 4.77. The SMILES string of the molecule is CCOC(=O)c1c(-c2onc(-c3ccccc3Cl)c2C(=O)OC)cnn1-c1ccccc1F. The highest BCUT2D eigenvalue weighted by Crippen LogP contribution is 2.37. The van der Waals surface area contributed by atoms with E-state index in [0.29, 0.717) is 10.6 Å². The predicted octanol–water partition coefficient (Wildman–Crippen LogP) is 4.95. The van der Waals surface area contributed by atoms with Crippen molar-refractivity contribution in [2.75, 3.05) is 13.7 Å². The standard InChI is InChI=1S/C23H17ClFN3O5/c1-3-32-23(30)20-14(12-26-28(20)17-11-7-6-10-16(17)25)21-18(22(29)31-2)19(27-33-21)13-8-4-5-9-15(13)24/h4-12H,3H2,1-2H3. The molecule has 8 nitrogen and oxygen atoms in total. The molecule has 0 unspecified atom stereocenters. The minimum Gasteiger partial charge on any atom is -0.465 e. The summed E-state index contributed by atoms with van der Waals surface area (Å²) in [6.45, 7) is 1.69. The molecule has 0 aliphatic heterocycles. The second kappa shape index (κ2) is 9.25. The zero-order chi connectivity index (χ0) is 23.5. The predicted molar refractivity (Wildman–Crippen MR) is 117 cm³/mol. The molecule has 10 heteroatoms. The maximum atomic E-state index is 14.5. The first kappa shape index (κ1) is 22.2. The monoisotopic (exact) mass is 469 g/mol. The number of carbonyl (C=O) groups is 2. The normalized spacial score (nSPS) is 10.8. The second-order valence-corrected chi connectivity index (χ2v) is 7.10. The van der Waals surface area contributed by atoms with Gasteiger partial charge in [-0.05, 0) is 25.1 Å². The third-order valence-corrected chi connectivity index (χ3v) is 5.10. The van der Waals surface area contributed by atoms with E-state index in [9.17, 15) is 14.0 Å². The van der Waals surface area contributed by atoms with Gasteiger partial charge in [-0.25, -0.2) is 18.7 Å². The van der Waals surface area contributed by atoms with Crippen molar-refractivity contribution in [3.63, 3.8) is 0 Å². The van der Waals surface area contributed by atoms with Gasteiger partial charge in [-0.1, -0.05) is 47.1 Å². The van der Waals surface area contributed by atoms with Crippen molar-refractivity contribution in [1.29, 1.82) is 0 Å². The van der Waals surface area contributed by atoms with Gasteiger partial charge in [0.15, 0.2) is 11.5 Å². The van der Waals surface area contributed by atoms with Gasteiger partial charge in [-0.3, -0.25) is 0 Å². The first-order valence-corrected chi connectivity index (χ1v) is 10.2. The highest BCUT2D eigenvalue weighted by molar-refractivity contribution is 6.33. The minimum atomic E-state index is -0.792. The average Bonchev–Trinajstić information content (AvgIpc) is 3.44. The molecule has 0 N–H and O–H groups in total. The molecule has 4 rings (SSSR count). The van der Waals surface area contributed by atoms with Gasteiger partial charge in [0.2, 0.25) is 0 Å². The van der Waals surface area contributed by atoms with E-state index < -0.39 is 17.8 Å². The van der Waals surface area contributed by atoms with Crippen molar-refractivity contribution in [3.05, 3.63) is 76.8 Å². The molecule has 0 spiro atoms. The summed E-state index contributed by atoms with van der Waals surface area (Å²) < 4.78 is 31.2. The summed E-state index contributed by atoms with van der Waals surface area (Å²) in [6.07, 6.45) is 1.27. The average molecular weight is 470 g/mol. The summed E-state index contributed by atoms with van der Waals surface area (Å²) in [6, 6.07) is 12.5. The van der Waals surface area contributed by atoms with E-state index in [1.54, 1.807) is 37.3 Å². The number of halogens is 2. The maximum absolute atomic E-state index is 14.5. The van der Waals surface area contributed by atoms with Crippen LogP contribution in [0.2, 0.25) is 5.02 Å². The molecule has 0 aliphatic rings. The smallest absolute Gasteiger partial charge is 0.357 e. The zero-order valence-electron chi connectivity index (χ0n) is 17.5. The molecule has 0 amide bonds. The van der Waals surface area contributed by atoms with E-state index in [2.05, 4.69) is 10.3 Å². The van der Waals surface area contributed by atoms with E-state index in [-0.39, 0.29) is 40.6 Å². The fourth-order valence-corrected chi connectivity index (χ4v) is 3.54. The molecule has 0 saturated carbocycles. The first-order chi connectivity index (χ1) is 16.0. The molecule has 2 aromatic heterocycles. The number of benzene rings is 2. The lowest BCUT2D eigenvalue weighted by atomic mass is 10.0. The van der Waals surface area contributed by atoms with Crippen LogP contribution < -0.4 is 0 Å². The Labute approximate surface area is 192 Å². The van der Waals surface area contributed by atoms with Crippen molar-refractivity contribution in [1.82, 2.24) is 14.9 Å². The Kier molecular flexibility index (Phi) is 6.23. The number of para-hydroxylation sites is 1. The van der Waals surface area contributed by atoms with Crippen LogP contribution in [0, 0.1) is 5.82 Å². The summed E-state index contributed by atoms with van der Waals surface area (Å²) in [5.41, 5.74) is 0.419. The van der Waals surface area contributed by atoms with Crippen molar-refractivity contribution >= 4 is 23.5 Å². The van der Waals surface area contributed by atoms with Crippen LogP contribution in [0.5, 0.6) is 0 Å². The Bertz CT molecular complexity index is 1350. The van der Waals surface area contributed by atoms with Gasteiger partial charge in [0.05, 0.1) is 30.5 Å². The number of rotatable bonds is 6. The highest BCUT2D eigenvalue weighted by Gasteiger charge is 2.32. The number of carbonyl (C=O) groups excluding carboxylic acids is 2. The molecule has 2 aromatic carbocycles. The molecular formula is C23H17ClFN3O5. The maximum Gasteiger partial charge on any atom is 0.357 e. The van der Waals surface area contributed by atoms with Gasteiger partial charge >= 0.3 is 11.9 Å². The van der Waals surface area contributed by atoms with Crippen molar-refractivity contribution in [2.24, 2.45) is 0 Å². The van der Waals surface area contributed by atoms with Crippen molar-refractivity contribution < 1.29 is 28.0 Å². The fraction of sp³-hybridized carbons (Fsp3) is 0.130. The molecule has 0 aliphatic carbocycles. The lowest BCUT2D eigenvalue weighted by molar-refractivity contribution is 0.0514. The molecule has 0 radical (unpaired) electrons. The summed E-state index contributed by atoms with van der Waals surface area (Å²) in [7, 11) is 1.20. The summed E-state index contributed by atoms with van der Waals surface area (Å²) in [5, 5.41) is 8.51. The summed E-state index contributed by atoms with van der Waals surface area (Å²) in [4.78, 5) is 25.6. The van der Waals surface area contributed by atoms with E-state index in [4.69, 9.17) is 25.6 Å². The van der Waals surface area contributed by atoms with Gasteiger partial charge in [0, 0.05) is 5.56 Å². The summed E-state index contributed by atoms with van der Waals surface area (Å²) >= 11 is 6.29. The van der Waals surface area contributed by atoms with Gasteiger partial charge in [0.1, 0.15) is 22.8 Å². The zero-order valence-corrected chi connectivity index (χ0v) is 18.3. The van der Waals surface area contributed by atoms with Crippen LogP contribution in [0.15, 0.2) is 59.3 Å². The Morgan fingerprint density at radius 2 is 1.82 bits per heavy atom. The van der Waals surface area contributed by atoms with E-state index >= 15 is 0 Å². The minimum absolute atomic E-state index is 0.0114. The molecule has 33 heavy (non-hydrogen) atoms. The number of hydrogen-bond acceptors (Lipinski definition) is 7. The fourth-order valence-electron chi connectivity index (χ4n) is 3.32. The second-order valence-electron chi connectivity index (χ2n) is 6.70. The Morgan fingerprint density at radius 3 is 2.52 bits per heavy atom. The Morgan fingerprint density at radius 1 is 1.09 bits per heavy atom. The van der Waals surface area contributed by atoms with Gasteiger partial charge in [-0.15, -0.1) is 0 Å². The van der Waals surface area contributed by atoms with Gasteiger partial charge in [-0.2, -0.15) is 5.10 Å². The largest absolute Gasteiger partial charge is 0.465 e. The van der Waals surface area contributed by atoms with E-state index in [0.717, 1.165) is 4.68 Å². The molecule has 0 saturated heterocycles. The molecule has 168 valence electrons. The molecule has 4 aromatic rings. The van der Waals surface area contributed by atoms with Crippen LogP contribution >= 0.6 is 11.6 Å². The van der Waals surface area contributed by atoms with Gasteiger partial charge in [0.25, 0.3) is 0 Å². The molecule has 0 bridgehead atoms. The Hall–Kier alpha value is -3.98. The molecule has 0 atom stereocenters. The summed E-state index contributed by atoms with van der Waals surface area (Å²) in [5.74, 6) is -2.27. The lowest BCUT2D eigenvalue weighted by Gasteiger charge is -2.09. The van der Waals surface area contributed by atoms with Crippen LogP contribution in [-0.4, -0.2) is 40.6 Å². The van der Waals surface area contributed by atoms with Crippen molar-refractivity contribution in [2.45, 2.75) is 6.92 Å². The topological polar surface area (TPSA) is 96.5 Å². The van der Waals surface area contributed by atoms with Crippen molar-refractivity contribution in [3.8, 4) is 28.3 Å². The molecule has 0 fully saturated rings. The number of ether oxygens (including phenoxy) is 2. The van der Waals surface area contributed by atoms with E-state index in [1.165, 1.54) is 31.5 Å². The number of esters is 2. The number of nitrogens with zero attached hydrogens (tertiary/aromatic N) is 3. The highest BCUT2D eigenvalue weighted by atomic mass is 35.5. The lowest BCUT2D eigenvalue weighted by Crippen LogP contribution is -2.14. The quantitative estimate of drug-likeness (QED) is 0.368. The first-order valence-electron chi connectivity index (χ1n) is 9.81. The number of hydrogen-bond donors (Lipinski definition) is 0. The molecular weight excluding hydrogens is 453 g/mol. The van der Waals surface area contributed by atoms with E-state index in [1.807, 2.05) is 0 Å². The van der Waals surface area contributed by atoms with Crippen LogP contribution in [-0.2, 0) is 9.47 Å². The number of aromatic nitrogens is 3. The van der Waals surface area contributed by atoms with Crippen LogP contribution in [0.1, 0.15) is 27.8 Å². The van der Waals surface area contributed by atoms with Gasteiger partial charge < -0.3 is 14.0 Å². The molecule has 2 heterocycles. The third kappa shape index (κ3) is 3.98. The Balaban J connectivity index is 1.98. The number of methoxy groups -OCH3 is 1. The van der Waals surface area contributed by atoms with Crippen LogP contribution in [0.25, 0.3) is 28.3 Å². The van der Waals surface area contributed by atoms with Crippen LogP contribution in [0.4, 0.5) is 4.39 Å².